The first-order chi connectivity index (χ1) is 14.6. The molecular formula is C24H46N2O4. The van der Waals surface area contributed by atoms with Gasteiger partial charge in [-0.05, 0) is 51.6 Å². The van der Waals surface area contributed by atoms with Gasteiger partial charge >= 0.3 is 0 Å². The normalized spacial score (nSPS) is 32.7. The zero-order chi connectivity index (χ0) is 21.3. The van der Waals surface area contributed by atoms with E-state index in [1.807, 2.05) is 4.90 Å². The smallest absolute Gasteiger partial charge is 0.109 e. The van der Waals surface area contributed by atoms with Gasteiger partial charge in [-0.3, -0.25) is 9.80 Å². The summed E-state index contributed by atoms with van der Waals surface area (Å²) in [4.78, 5) is 4.83. The lowest BCUT2D eigenvalue weighted by molar-refractivity contribution is -0.145. The highest BCUT2D eigenvalue weighted by Gasteiger charge is 2.40. The third-order valence-electron chi connectivity index (χ3n) is 7.92. The van der Waals surface area contributed by atoms with Gasteiger partial charge in [-0.25, -0.2) is 0 Å². The van der Waals surface area contributed by atoms with Crippen LogP contribution in [0.25, 0.3) is 0 Å². The van der Waals surface area contributed by atoms with Gasteiger partial charge in [0, 0.05) is 18.6 Å². The van der Waals surface area contributed by atoms with Crippen LogP contribution in [0.1, 0.15) is 89.9 Å². The predicted molar refractivity (Wildman–Crippen MR) is 119 cm³/mol. The van der Waals surface area contributed by atoms with Crippen molar-refractivity contribution in [3.63, 3.8) is 0 Å². The monoisotopic (exact) mass is 426 g/mol. The molecular weight excluding hydrogens is 380 g/mol. The number of hydrogen-bond donors (Lipinski definition) is 4. The third kappa shape index (κ3) is 6.63. The van der Waals surface area contributed by atoms with Gasteiger partial charge in [0.2, 0.25) is 0 Å². The third-order valence-corrected chi connectivity index (χ3v) is 7.92. The Morgan fingerprint density at radius 1 is 0.700 bits per heavy atom. The van der Waals surface area contributed by atoms with Crippen LogP contribution in [0.5, 0.6) is 0 Å². The first-order valence-corrected chi connectivity index (χ1v) is 12.8. The topological polar surface area (TPSA) is 87.4 Å². The largest absolute Gasteiger partial charge is 0.395 e. The molecule has 2 aliphatic carbocycles. The van der Waals surface area contributed by atoms with E-state index in [9.17, 15) is 20.4 Å². The van der Waals surface area contributed by atoms with Crippen molar-refractivity contribution in [1.82, 2.24) is 9.80 Å². The van der Waals surface area contributed by atoms with E-state index in [0.717, 1.165) is 31.5 Å². The zero-order valence-corrected chi connectivity index (χ0v) is 18.9. The van der Waals surface area contributed by atoms with E-state index in [4.69, 9.17) is 0 Å². The van der Waals surface area contributed by atoms with Crippen LogP contribution in [-0.2, 0) is 0 Å². The van der Waals surface area contributed by atoms with Crippen LogP contribution in [0.4, 0.5) is 0 Å². The molecule has 3 aliphatic rings. The van der Waals surface area contributed by atoms with E-state index >= 15 is 0 Å². The summed E-state index contributed by atoms with van der Waals surface area (Å²) in [6.45, 7) is 2.12. The summed E-state index contributed by atoms with van der Waals surface area (Å²) in [7, 11) is 0. The number of aliphatic hydroxyl groups excluding tert-OH is 4. The number of nitrogens with zero attached hydrogens (tertiary/aromatic N) is 2. The lowest BCUT2D eigenvalue weighted by Gasteiger charge is -2.43. The van der Waals surface area contributed by atoms with Crippen LogP contribution in [0.2, 0.25) is 0 Å². The predicted octanol–water partition coefficient (Wildman–Crippen LogP) is 2.27. The maximum atomic E-state index is 10.1. The average Bonchev–Trinajstić information content (AvgIpc) is 2.78. The molecule has 30 heavy (non-hydrogen) atoms. The fourth-order valence-corrected chi connectivity index (χ4v) is 6.09. The van der Waals surface area contributed by atoms with Gasteiger partial charge in [0.05, 0.1) is 18.8 Å². The minimum atomic E-state index is -1.16. The van der Waals surface area contributed by atoms with Crippen LogP contribution < -0.4 is 0 Å². The van der Waals surface area contributed by atoms with Crippen molar-refractivity contribution in [2.45, 2.75) is 126 Å². The molecule has 6 heteroatoms. The van der Waals surface area contributed by atoms with E-state index in [0.29, 0.717) is 6.54 Å². The number of aliphatic hydroxyl groups is 4. The summed E-state index contributed by atoms with van der Waals surface area (Å²) in [5.41, 5.74) is 0. The highest BCUT2D eigenvalue weighted by molar-refractivity contribution is 4.94. The lowest BCUT2D eigenvalue weighted by Crippen LogP contribution is -2.62. The quantitative estimate of drug-likeness (QED) is 0.401. The molecule has 0 amide bonds. The van der Waals surface area contributed by atoms with E-state index < -0.39 is 24.4 Å². The summed E-state index contributed by atoms with van der Waals surface area (Å²) >= 11 is 0. The molecule has 3 rings (SSSR count). The van der Waals surface area contributed by atoms with Crippen LogP contribution in [-0.4, -0.2) is 92.9 Å². The zero-order valence-electron chi connectivity index (χ0n) is 18.9. The minimum Gasteiger partial charge on any atom is -0.395 e. The number of likely N-dealkylation sites (tertiary alicyclic amines) is 1. The Kier molecular flexibility index (Phi) is 10.3. The molecule has 4 N–H and O–H groups in total. The van der Waals surface area contributed by atoms with E-state index in [2.05, 4.69) is 4.90 Å². The molecule has 0 aromatic heterocycles. The number of rotatable bonds is 10. The molecule has 0 bridgehead atoms. The summed E-state index contributed by atoms with van der Waals surface area (Å²) in [6.07, 6.45) is 15.4. The molecule has 1 saturated heterocycles. The number of piperidine rings is 1. The summed E-state index contributed by atoms with van der Waals surface area (Å²) in [5, 5.41) is 39.5. The van der Waals surface area contributed by atoms with Crippen molar-refractivity contribution in [3.8, 4) is 0 Å². The van der Waals surface area contributed by atoms with Crippen LogP contribution in [0.15, 0.2) is 0 Å². The van der Waals surface area contributed by atoms with Gasteiger partial charge < -0.3 is 20.4 Å². The minimum absolute atomic E-state index is 0.192. The maximum absolute atomic E-state index is 10.1. The SMILES string of the molecule is OC[C@@H]1[C@@H](O)[C@H](O)[C@@H](O)CN1CCCCCCN(C1CCCCC1)C1CCCCC1. The molecule has 0 spiro atoms. The Morgan fingerprint density at radius 3 is 1.83 bits per heavy atom. The first-order valence-electron chi connectivity index (χ1n) is 12.8. The Labute approximate surface area is 183 Å². The summed E-state index contributed by atoms with van der Waals surface area (Å²) < 4.78 is 0. The molecule has 1 heterocycles. The molecule has 3 fully saturated rings. The fraction of sp³-hybridized carbons (Fsp3) is 1.00. The van der Waals surface area contributed by atoms with Crippen molar-refractivity contribution in [2.24, 2.45) is 0 Å². The molecule has 4 atom stereocenters. The second kappa shape index (κ2) is 12.7. The number of β-amino-alcohol motifs (C(OH)–C–C–N with tert-alkyl or cyclic N) is 1. The molecule has 0 aromatic carbocycles. The first kappa shape index (κ1) is 24.4. The molecule has 0 aromatic rings. The lowest BCUT2D eigenvalue weighted by atomic mass is 9.88. The van der Waals surface area contributed by atoms with Gasteiger partial charge in [-0.2, -0.15) is 0 Å². The Hall–Kier alpha value is -0.240. The number of hydrogen-bond acceptors (Lipinski definition) is 6. The van der Waals surface area contributed by atoms with Crippen molar-refractivity contribution < 1.29 is 20.4 Å². The maximum Gasteiger partial charge on any atom is 0.109 e. The van der Waals surface area contributed by atoms with Gasteiger partial charge in [0.15, 0.2) is 0 Å². The Morgan fingerprint density at radius 2 is 1.27 bits per heavy atom. The standard InChI is InChI=1S/C24H46N2O4/c27-18-21-23(29)24(30)22(28)17-25(21)15-9-1-2-10-16-26(19-11-5-3-6-12-19)20-13-7-4-8-14-20/h19-24,27-30H,1-18H2/t21-,22+,23-,24-/m1/s1. The number of unbranched alkanes of at least 4 members (excludes halogenated alkanes) is 3. The molecule has 176 valence electrons. The molecule has 0 radical (unpaired) electrons. The van der Waals surface area contributed by atoms with E-state index in [-0.39, 0.29) is 6.61 Å². The highest BCUT2D eigenvalue weighted by Crippen LogP contribution is 2.30. The highest BCUT2D eigenvalue weighted by atomic mass is 16.4. The second-order valence-corrected chi connectivity index (χ2v) is 10.0. The van der Waals surface area contributed by atoms with Crippen LogP contribution in [0, 0.1) is 0 Å². The Balaban J connectivity index is 1.38. The van der Waals surface area contributed by atoms with Crippen LogP contribution in [0.3, 0.4) is 0 Å². The molecule has 0 unspecified atom stereocenters. The molecule has 1 aliphatic heterocycles. The molecule has 6 nitrogen and oxygen atoms in total. The van der Waals surface area contributed by atoms with Gasteiger partial charge in [-0.15, -0.1) is 0 Å². The van der Waals surface area contributed by atoms with Gasteiger partial charge in [0.1, 0.15) is 12.2 Å². The summed E-state index contributed by atoms with van der Waals surface area (Å²) in [5.74, 6) is 0. The van der Waals surface area contributed by atoms with E-state index in [1.165, 1.54) is 83.6 Å². The molecule has 2 saturated carbocycles. The fourth-order valence-electron chi connectivity index (χ4n) is 6.09. The van der Waals surface area contributed by atoms with Crippen molar-refractivity contribution in [2.75, 3.05) is 26.2 Å². The van der Waals surface area contributed by atoms with Gasteiger partial charge in [0.25, 0.3) is 0 Å². The van der Waals surface area contributed by atoms with Crippen molar-refractivity contribution >= 4 is 0 Å². The van der Waals surface area contributed by atoms with Crippen LogP contribution >= 0.6 is 0 Å². The Bertz CT molecular complexity index is 450. The van der Waals surface area contributed by atoms with Crippen molar-refractivity contribution in [1.29, 1.82) is 0 Å². The average molecular weight is 427 g/mol. The van der Waals surface area contributed by atoms with Gasteiger partial charge in [-0.1, -0.05) is 51.4 Å². The summed E-state index contributed by atoms with van der Waals surface area (Å²) in [6, 6.07) is 1.15. The second-order valence-electron chi connectivity index (χ2n) is 10.0. The van der Waals surface area contributed by atoms with E-state index in [1.54, 1.807) is 0 Å². The van der Waals surface area contributed by atoms with Crippen molar-refractivity contribution in [3.05, 3.63) is 0 Å².